The Balaban J connectivity index is 2.41. The highest BCUT2D eigenvalue weighted by Gasteiger charge is 2.40. The van der Waals surface area contributed by atoms with Crippen LogP contribution in [-0.4, -0.2) is 23.3 Å². The maximum Gasteiger partial charge on any atom is 0.414 e. The second kappa shape index (κ2) is 3.15. The molecule has 1 amide bonds. The molecule has 0 saturated carbocycles. The van der Waals surface area contributed by atoms with E-state index in [9.17, 15) is 9.90 Å². The summed E-state index contributed by atoms with van der Waals surface area (Å²) in [4.78, 5) is 13.1. The van der Waals surface area contributed by atoms with E-state index in [0.717, 1.165) is 0 Å². The highest BCUT2D eigenvalue weighted by Crippen LogP contribution is 2.31. The van der Waals surface area contributed by atoms with Crippen LogP contribution in [0.25, 0.3) is 0 Å². The summed E-state index contributed by atoms with van der Waals surface area (Å²) in [7, 11) is 0. The van der Waals surface area contributed by atoms with E-state index in [2.05, 4.69) is 0 Å². The van der Waals surface area contributed by atoms with E-state index in [0.29, 0.717) is 12.3 Å². The molecule has 0 bridgehead atoms. The van der Waals surface area contributed by atoms with Gasteiger partial charge in [-0.15, -0.1) is 0 Å². The standard InChI is InChI=1S/C11H13NO3/c1-11(2)7-15-10(14)12(11)8-4-3-5-9(13)6-8/h3-6,13H,7H2,1-2H3. The van der Waals surface area contributed by atoms with Crippen molar-refractivity contribution in [1.82, 2.24) is 0 Å². The van der Waals surface area contributed by atoms with Gasteiger partial charge >= 0.3 is 6.09 Å². The van der Waals surface area contributed by atoms with Gasteiger partial charge in [-0.1, -0.05) is 6.07 Å². The number of cyclic esters (lactones) is 1. The molecule has 15 heavy (non-hydrogen) atoms. The van der Waals surface area contributed by atoms with Gasteiger partial charge in [0, 0.05) is 6.07 Å². The molecule has 1 aliphatic heterocycles. The fourth-order valence-corrected chi connectivity index (χ4v) is 1.70. The summed E-state index contributed by atoms with van der Waals surface area (Å²) in [6.45, 7) is 4.20. The van der Waals surface area contributed by atoms with Crippen molar-refractivity contribution in [2.24, 2.45) is 0 Å². The minimum atomic E-state index is -0.370. The Labute approximate surface area is 88.1 Å². The van der Waals surface area contributed by atoms with Gasteiger partial charge in [-0.05, 0) is 26.0 Å². The number of carbonyl (C=O) groups is 1. The van der Waals surface area contributed by atoms with E-state index in [1.54, 1.807) is 29.2 Å². The van der Waals surface area contributed by atoms with Gasteiger partial charge in [0.15, 0.2) is 0 Å². The van der Waals surface area contributed by atoms with Crippen molar-refractivity contribution < 1.29 is 14.6 Å². The molecular formula is C11H13NO3. The van der Waals surface area contributed by atoms with Crippen molar-refractivity contribution in [2.75, 3.05) is 11.5 Å². The van der Waals surface area contributed by atoms with Gasteiger partial charge in [0.25, 0.3) is 0 Å². The van der Waals surface area contributed by atoms with E-state index >= 15 is 0 Å². The Morgan fingerprint density at radius 3 is 2.73 bits per heavy atom. The first-order valence-corrected chi connectivity index (χ1v) is 4.77. The summed E-state index contributed by atoms with van der Waals surface area (Å²) in [5.74, 6) is 0.142. The second-order valence-corrected chi connectivity index (χ2v) is 4.22. The number of anilines is 1. The molecule has 2 rings (SSSR count). The molecule has 0 spiro atoms. The molecule has 1 heterocycles. The van der Waals surface area contributed by atoms with Gasteiger partial charge in [-0.2, -0.15) is 0 Å². The van der Waals surface area contributed by atoms with Crippen LogP contribution in [0.4, 0.5) is 10.5 Å². The number of phenolic OH excluding ortho intramolecular Hbond substituents is 1. The Hall–Kier alpha value is -1.71. The first-order chi connectivity index (χ1) is 7.00. The molecule has 1 fully saturated rings. The number of ether oxygens (including phenoxy) is 1. The van der Waals surface area contributed by atoms with Crippen LogP contribution in [0.1, 0.15) is 13.8 Å². The third kappa shape index (κ3) is 1.63. The SMILES string of the molecule is CC1(C)COC(=O)N1c1cccc(O)c1. The van der Waals surface area contributed by atoms with Gasteiger partial charge in [0.2, 0.25) is 0 Å². The lowest BCUT2D eigenvalue weighted by molar-refractivity contribution is 0.175. The fraction of sp³-hybridized carbons (Fsp3) is 0.364. The number of rotatable bonds is 1. The fourth-order valence-electron chi connectivity index (χ4n) is 1.70. The molecule has 1 saturated heterocycles. The lowest BCUT2D eigenvalue weighted by atomic mass is 10.1. The van der Waals surface area contributed by atoms with Crippen molar-refractivity contribution in [2.45, 2.75) is 19.4 Å². The Bertz CT molecular complexity index is 401. The number of hydrogen-bond donors (Lipinski definition) is 1. The molecule has 0 radical (unpaired) electrons. The summed E-state index contributed by atoms with van der Waals surface area (Å²) in [6.07, 6.45) is -0.370. The Kier molecular flexibility index (Phi) is 2.07. The van der Waals surface area contributed by atoms with Crippen LogP contribution in [0.2, 0.25) is 0 Å². The van der Waals surface area contributed by atoms with Crippen molar-refractivity contribution in [3.63, 3.8) is 0 Å². The molecule has 1 aliphatic rings. The quantitative estimate of drug-likeness (QED) is 0.767. The number of hydrogen-bond acceptors (Lipinski definition) is 3. The smallest absolute Gasteiger partial charge is 0.414 e. The maximum atomic E-state index is 11.5. The topological polar surface area (TPSA) is 49.8 Å². The van der Waals surface area contributed by atoms with Crippen molar-refractivity contribution in [1.29, 1.82) is 0 Å². The van der Waals surface area contributed by atoms with E-state index < -0.39 is 0 Å². The molecular weight excluding hydrogens is 194 g/mol. The van der Waals surface area contributed by atoms with E-state index in [1.807, 2.05) is 13.8 Å². The summed E-state index contributed by atoms with van der Waals surface area (Å²) < 4.78 is 4.98. The molecule has 0 unspecified atom stereocenters. The molecule has 0 atom stereocenters. The molecule has 80 valence electrons. The van der Waals surface area contributed by atoms with Gasteiger partial charge in [0.05, 0.1) is 11.2 Å². The molecule has 4 heteroatoms. The summed E-state index contributed by atoms with van der Waals surface area (Å²) in [5.41, 5.74) is 0.285. The Morgan fingerprint density at radius 2 is 2.20 bits per heavy atom. The molecule has 1 aromatic carbocycles. The van der Waals surface area contributed by atoms with Crippen LogP contribution in [0.15, 0.2) is 24.3 Å². The highest BCUT2D eigenvalue weighted by molar-refractivity contribution is 5.91. The van der Waals surface area contributed by atoms with Gasteiger partial charge < -0.3 is 9.84 Å². The maximum absolute atomic E-state index is 11.5. The zero-order valence-corrected chi connectivity index (χ0v) is 8.73. The zero-order valence-electron chi connectivity index (χ0n) is 8.73. The van der Waals surface area contributed by atoms with Crippen LogP contribution in [-0.2, 0) is 4.74 Å². The first-order valence-electron chi connectivity index (χ1n) is 4.77. The molecule has 0 aliphatic carbocycles. The predicted octanol–water partition coefficient (Wildman–Crippen LogP) is 2.13. The number of aromatic hydroxyl groups is 1. The molecule has 0 aromatic heterocycles. The largest absolute Gasteiger partial charge is 0.508 e. The van der Waals surface area contributed by atoms with E-state index in [-0.39, 0.29) is 17.4 Å². The van der Waals surface area contributed by atoms with Gasteiger partial charge in [-0.3, -0.25) is 4.90 Å². The Morgan fingerprint density at radius 1 is 1.47 bits per heavy atom. The number of nitrogens with zero attached hydrogens (tertiary/aromatic N) is 1. The molecule has 1 N–H and O–H groups in total. The van der Waals surface area contributed by atoms with Gasteiger partial charge in [-0.25, -0.2) is 4.79 Å². The number of amides is 1. The average molecular weight is 207 g/mol. The molecule has 4 nitrogen and oxygen atoms in total. The first kappa shape index (κ1) is 9.83. The zero-order chi connectivity index (χ0) is 11.1. The minimum absolute atomic E-state index is 0.142. The van der Waals surface area contributed by atoms with Gasteiger partial charge in [0.1, 0.15) is 12.4 Å². The predicted molar refractivity (Wildman–Crippen MR) is 56.0 cm³/mol. The summed E-state index contributed by atoms with van der Waals surface area (Å²) in [5, 5.41) is 9.35. The normalized spacial score (nSPS) is 19.1. The van der Waals surface area contributed by atoms with Crippen molar-refractivity contribution >= 4 is 11.8 Å². The van der Waals surface area contributed by atoms with E-state index in [1.165, 1.54) is 0 Å². The number of phenols is 1. The van der Waals surface area contributed by atoms with Crippen molar-refractivity contribution in [3.8, 4) is 5.75 Å². The minimum Gasteiger partial charge on any atom is -0.508 e. The number of benzene rings is 1. The third-order valence-electron chi connectivity index (χ3n) is 2.42. The third-order valence-corrected chi connectivity index (χ3v) is 2.42. The van der Waals surface area contributed by atoms with Crippen LogP contribution in [0, 0.1) is 0 Å². The lowest BCUT2D eigenvalue weighted by Crippen LogP contribution is -2.42. The van der Waals surface area contributed by atoms with Crippen molar-refractivity contribution in [3.05, 3.63) is 24.3 Å². The number of carbonyl (C=O) groups excluding carboxylic acids is 1. The monoisotopic (exact) mass is 207 g/mol. The van der Waals surface area contributed by atoms with E-state index in [4.69, 9.17) is 4.74 Å². The lowest BCUT2D eigenvalue weighted by Gasteiger charge is -2.27. The summed E-state index contributed by atoms with van der Waals surface area (Å²) in [6, 6.07) is 6.59. The summed E-state index contributed by atoms with van der Waals surface area (Å²) >= 11 is 0. The molecule has 1 aromatic rings. The van der Waals surface area contributed by atoms with Crippen LogP contribution in [0.3, 0.4) is 0 Å². The second-order valence-electron chi connectivity index (χ2n) is 4.22. The van der Waals surface area contributed by atoms with Crippen LogP contribution < -0.4 is 4.90 Å². The van der Waals surface area contributed by atoms with Crippen LogP contribution >= 0.6 is 0 Å². The average Bonchev–Trinajstić information content (AvgIpc) is 2.40. The highest BCUT2D eigenvalue weighted by atomic mass is 16.6. The van der Waals surface area contributed by atoms with Crippen LogP contribution in [0.5, 0.6) is 5.75 Å².